The van der Waals surface area contributed by atoms with Crippen LogP contribution in [0.1, 0.15) is 36.8 Å². The minimum absolute atomic E-state index is 0.0947. The van der Waals surface area contributed by atoms with E-state index in [2.05, 4.69) is 31.2 Å². The second-order valence-corrected chi connectivity index (χ2v) is 12.4. The van der Waals surface area contributed by atoms with Crippen molar-refractivity contribution in [2.45, 2.75) is 50.9 Å². The van der Waals surface area contributed by atoms with E-state index in [0.29, 0.717) is 89.6 Å². The highest BCUT2D eigenvalue weighted by Crippen LogP contribution is 2.42. The largest absolute Gasteiger partial charge is 0.496 e. The number of carbonyl (C=O) groups is 2. The molecule has 2 fully saturated rings. The Morgan fingerprint density at radius 1 is 0.796 bits per heavy atom. The highest BCUT2D eigenvalue weighted by molar-refractivity contribution is 6.36. The van der Waals surface area contributed by atoms with Gasteiger partial charge in [-0.15, -0.1) is 0 Å². The van der Waals surface area contributed by atoms with Crippen molar-refractivity contribution in [2.75, 3.05) is 34.4 Å². The van der Waals surface area contributed by atoms with Gasteiger partial charge < -0.3 is 35.5 Å². The van der Waals surface area contributed by atoms with Crippen LogP contribution in [0.3, 0.4) is 0 Å². The quantitative estimate of drug-likeness (QED) is 0.152. The molecule has 4 N–H and O–H groups in total. The Balaban J connectivity index is 1.23. The van der Waals surface area contributed by atoms with Gasteiger partial charge in [-0.1, -0.05) is 48.0 Å². The van der Waals surface area contributed by atoms with Crippen LogP contribution in [0.25, 0.3) is 33.8 Å². The van der Waals surface area contributed by atoms with E-state index >= 15 is 0 Å². The molecule has 49 heavy (non-hydrogen) atoms. The van der Waals surface area contributed by atoms with Crippen LogP contribution in [0.5, 0.6) is 17.4 Å². The Morgan fingerprint density at radius 3 is 2.08 bits per heavy atom. The molecule has 0 unspecified atom stereocenters. The summed E-state index contributed by atoms with van der Waals surface area (Å²) < 4.78 is 17.3. The van der Waals surface area contributed by atoms with Crippen molar-refractivity contribution in [3.05, 3.63) is 71.0 Å². The molecule has 0 spiro atoms. The Kier molecular flexibility index (Phi) is 10.9. The molecule has 0 aliphatic carbocycles. The molecule has 2 aliphatic rings. The van der Waals surface area contributed by atoms with Crippen molar-refractivity contribution in [3.63, 3.8) is 0 Å². The highest BCUT2D eigenvalue weighted by Gasteiger charge is 2.23. The Labute approximate surface area is 290 Å². The molecule has 2 atom stereocenters. The summed E-state index contributed by atoms with van der Waals surface area (Å²) in [5.41, 5.74) is 5.82. The first-order chi connectivity index (χ1) is 23.9. The fourth-order valence-corrected chi connectivity index (χ4v) is 6.58. The number of methoxy groups -OCH3 is 3. The summed E-state index contributed by atoms with van der Waals surface area (Å²) in [6.45, 7) is 2.48. The van der Waals surface area contributed by atoms with Crippen molar-refractivity contribution in [3.8, 4) is 51.2 Å². The molecule has 0 bridgehead atoms. The third kappa shape index (κ3) is 7.77. The SMILES string of the molecule is COc1cc(-c2ncnc(-c3cccc(-c4ccc(CNC[C@H]5CCC(=O)N5)c(OC)n4)c3Cl)c2OC)ccc1CNC[C@H]1CCC(=O)N1. The van der Waals surface area contributed by atoms with Crippen LogP contribution in [0.15, 0.2) is 54.9 Å². The molecule has 256 valence electrons. The Morgan fingerprint density at radius 2 is 1.45 bits per heavy atom. The number of benzene rings is 2. The molecule has 6 rings (SSSR count). The zero-order valence-electron chi connectivity index (χ0n) is 27.8. The zero-order valence-corrected chi connectivity index (χ0v) is 28.5. The van der Waals surface area contributed by atoms with Crippen LogP contribution in [0.2, 0.25) is 5.02 Å². The number of rotatable bonds is 14. The summed E-state index contributed by atoms with van der Waals surface area (Å²) in [4.78, 5) is 37.0. The number of carbonyl (C=O) groups excluding carboxylic acids is 2. The van der Waals surface area contributed by atoms with Crippen LogP contribution in [-0.2, 0) is 22.7 Å². The van der Waals surface area contributed by atoms with Crippen molar-refractivity contribution in [1.82, 2.24) is 36.2 Å². The van der Waals surface area contributed by atoms with E-state index in [4.69, 9.17) is 30.8 Å². The van der Waals surface area contributed by atoms with E-state index in [1.54, 1.807) is 21.3 Å². The van der Waals surface area contributed by atoms with Crippen molar-refractivity contribution < 1.29 is 23.8 Å². The molecule has 2 aromatic heterocycles. The van der Waals surface area contributed by atoms with E-state index in [1.165, 1.54) is 6.33 Å². The number of pyridine rings is 1. The summed E-state index contributed by atoms with van der Waals surface area (Å²) in [6, 6.07) is 15.7. The van der Waals surface area contributed by atoms with Gasteiger partial charge in [-0.3, -0.25) is 9.59 Å². The third-order valence-electron chi connectivity index (χ3n) is 8.81. The predicted molar refractivity (Wildman–Crippen MR) is 187 cm³/mol. The number of amides is 2. The number of halogens is 1. The maximum atomic E-state index is 11.5. The molecule has 4 heterocycles. The molecule has 2 saturated heterocycles. The Bertz CT molecular complexity index is 1840. The lowest BCUT2D eigenvalue weighted by Gasteiger charge is -2.17. The first-order valence-electron chi connectivity index (χ1n) is 16.3. The molecule has 2 aromatic carbocycles. The molecule has 0 radical (unpaired) electrons. The van der Waals surface area contributed by atoms with E-state index < -0.39 is 0 Å². The first-order valence-corrected chi connectivity index (χ1v) is 16.7. The monoisotopic (exact) mass is 685 g/mol. The lowest BCUT2D eigenvalue weighted by atomic mass is 10.0. The minimum atomic E-state index is 0.0947. The molecule has 2 amide bonds. The maximum Gasteiger partial charge on any atom is 0.220 e. The van der Waals surface area contributed by atoms with Crippen LogP contribution in [0.4, 0.5) is 0 Å². The molecule has 12 nitrogen and oxygen atoms in total. The number of hydrogen-bond acceptors (Lipinski definition) is 10. The van der Waals surface area contributed by atoms with Gasteiger partial charge in [-0.25, -0.2) is 15.0 Å². The van der Waals surface area contributed by atoms with E-state index in [0.717, 1.165) is 29.5 Å². The summed E-state index contributed by atoms with van der Waals surface area (Å²) >= 11 is 7.09. The van der Waals surface area contributed by atoms with Gasteiger partial charge in [0.15, 0.2) is 5.75 Å². The van der Waals surface area contributed by atoms with Crippen LogP contribution in [0, 0.1) is 0 Å². The van der Waals surface area contributed by atoms with Gasteiger partial charge in [0, 0.05) is 78.9 Å². The fourth-order valence-electron chi connectivity index (χ4n) is 6.27. The standard InChI is InChI=1S/C36H40ClN7O5/c1-47-29-15-21(7-8-22(29)16-38-18-24-10-13-30(45)42-24)33-35(48-2)34(41-20-40-33)27-6-4-5-26(32(27)37)28-12-9-23(36(44-28)49-3)17-39-19-25-11-14-31(46)43-25/h4-9,12,15,20,24-25,38-39H,10-11,13-14,16-19H2,1-3H3,(H,42,45)(H,43,46)/t24-,25-/m1/s1. The van der Waals surface area contributed by atoms with Crippen LogP contribution < -0.4 is 35.5 Å². The topological polar surface area (TPSA) is 149 Å². The van der Waals surface area contributed by atoms with Gasteiger partial charge in [-0.05, 0) is 25.0 Å². The van der Waals surface area contributed by atoms with Gasteiger partial charge >= 0.3 is 0 Å². The van der Waals surface area contributed by atoms with Crippen LogP contribution >= 0.6 is 11.6 Å². The average Bonchev–Trinajstić information content (AvgIpc) is 3.74. The van der Waals surface area contributed by atoms with Gasteiger partial charge in [0.2, 0.25) is 17.7 Å². The van der Waals surface area contributed by atoms with Crippen molar-refractivity contribution in [1.29, 1.82) is 0 Å². The van der Waals surface area contributed by atoms with Crippen LogP contribution in [-0.4, -0.2) is 73.3 Å². The second kappa shape index (κ2) is 15.6. The summed E-state index contributed by atoms with van der Waals surface area (Å²) in [6.07, 6.45) is 4.30. The molecular weight excluding hydrogens is 646 g/mol. The molecule has 0 saturated carbocycles. The normalized spacial score (nSPS) is 17.1. The van der Waals surface area contributed by atoms with Crippen molar-refractivity contribution in [2.24, 2.45) is 0 Å². The minimum Gasteiger partial charge on any atom is -0.496 e. The predicted octanol–water partition coefficient (Wildman–Crippen LogP) is 4.29. The summed E-state index contributed by atoms with van der Waals surface area (Å²) in [7, 11) is 4.81. The number of nitrogens with one attached hydrogen (secondary N) is 4. The third-order valence-corrected chi connectivity index (χ3v) is 9.22. The van der Waals surface area contributed by atoms with Gasteiger partial charge in [0.05, 0.1) is 32.0 Å². The number of hydrogen-bond donors (Lipinski definition) is 4. The average molecular weight is 686 g/mol. The fraction of sp³-hybridized carbons (Fsp3) is 0.361. The smallest absolute Gasteiger partial charge is 0.220 e. The van der Waals surface area contributed by atoms with Gasteiger partial charge in [0.25, 0.3) is 0 Å². The summed E-state index contributed by atoms with van der Waals surface area (Å²) in [5, 5.41) is 13.2. The summed E-state index contributed by atoms with van der Waals surface area (Å²) in [5.74, 6) is 1.85. The van der Waals surface area contributed by atoms with Gasteiger partial charge in [0.1, 0.15) is 23.5 Å². The van der Waals surface area contributed by atoms with Gasteiger partial charge in [-0.2, -0.15) is 0 Å². The number of ether oxygens (including phenoxy) is 3. The second-order valence-electron chi connectivity index (χ2n) is 12.0. The number of aromatic nitrogens is 3. The maximum absolute atomic E-state index is 11.5. The molecule has 4 aromatic rings. The zero-order chi connectivity index (χ0) is 34.3. The van der Waals surface area contributed by atoms with E-state index in [9.17, 15) is 9.59 Å². The lowest BCUT2D eigenvalue weighted by Crippen LogP contribution is -2.35. The lowest BCUT2D eigenvalue weighted by molar-refractivity contribution is -0.120. The first kappa shape index (κ1) is 34.1. The molecule has 13 heteroatoms. The van der Waals surface area contributed by atoms with E-state index in [1.807, 2.05) is 48.5 Å². The van der Waals surface area contributed by atoms with E-state index in [-0.39, 0.29) is 23.9 Å². The molecule has 2 aliphatic heterocycles. The Hall–Kier alpha value is -4.78. The molecular formula is C36H40ClN7O5. The van der Waals surface area contributed by atoms with Crippen molar-refractivity contribution >= 4 is 23.4 Å². The number of nitrogens with zero attached hydrogens (tertiary/aromatic N) is 3. The highest BCUT2D eigenvalue weighted by atomic mass is 35.5.